The van der Waals surface area contributed by atoms with Crippen LogP contribution in [0.1, 0.15) is 82.6 Å². The van der Waals surface area contributed by atoms with Gasteiger partial charge >= 0.3 is 13.5 Å². The van der Waals surface area contributed by atoms with E-state index < -0.39 is 31.5 Å². The van der Waals surface area contributed by atoms with Gasteiger partial charge in [0.1, 0.15) is 5.52 Å². The number of rotatable bonds is 20. The third kappa shape index (κ3) is 12.3. The summed E-state index contributed by atoms with van der Waals surface area (Å²) in [6, 6.07) is 2.33. The van der Waals surface area contributed by atoms with Gasteiger partial charge < -0.3 is 20.6 Å². The summed E-state index contributed by atoms with van der Waals surface area (Å²) in [7, 11) is -4.58. The molecule has 208 valence electrons. The molecule has 2 aromatic rings. The Morgan fingerprint density at radius 2 is 1.57 bits per heavy atom. The highest BCUT2D eigenvalue weighted by atomic mass is 31.2. The van der Waals surface area contributed by atoms with Gasteiger partial charge in [0.15, 0.2) is 0 Å². The molecule has 1 heterocycles. The van der Waals surface area contributed by atoms with E-state index in [-0.39, 0.29) is 11.2 Å². The highest BCUT2D eigenvalue weighted by molar-refractivity contribution is 7.46. The number of fused-ring (bicyclic) bond motifs is 1. The van der Waals surface area contributed by atoms with Crippen molar-refractivity contribution >= 4 is 24.5 Å². The number of non-ortho nitro benzene ring substituents is 1. The Morgan fingerprint density at radius 3 is 2.16 bits per heavy atom. The number of aromatic nitrogens is 2. The van der Waals surface area contributed by atoms with Crippen LogP contribution in [0.15, 0.2) is 28.9 Å². The standard InChI is InChI=1S/C24H39N4O8P/c25-20(18-35-37(32,33)34)22(29)15-13-11-9-7-5-3-1-2-4-6-8-10-12-14-19-16-17-21(28(30)31)24-23(19)26-36-27-24/h13,15-17,20,22,29H,1-12,14,18,25H2,(H2,32,33,34)/b15-13+/t20-,22+/m0/s1. The molecule has 12 nitrogen and oxygen atoms in total. The number of nitrogens with zero attached hydrogens (tertiary/aromatic N) is 3. The Balaban J connectivity index is 1.42. The zero-order valence-corrected chi connectivity index (χ0v) is 22.0. The lowest BCUT2D eigenvalue weighted by Crippen LogP contribution is -2.37. The number of allylic oxidation sites excluding steroid dienone is 1. The molecule has 0 fully saturated rings. The summed E-state index contributed by atoms with van der Waals surface area (Å²) in [5.74, 6) is 0. The van der Waals surface area contributed by atoms with E-state index in [9.17, 15) is 19.8 Å². The highest BCUT2D eigenvalue weighted by Gasteiger charge is 2.20. The number of nitro benzene ring substituents is 1. The maximum absolute atomic E-state index is 11.1. The molecule has 0 aliphatic rings. The first-order valence-electron chi connectivity index (χ1n) is 12.9. The summed E-state index contributed by atoms with van der Waals surface area (Å²) in [4.78, 5) is 27.9. The number of phosphoric acid groups is 1. The van der Waals surface area contributed by atoms with Gasteiger partial charge in [-0.1, -0.05) is 69.9 Å². The van der Waals surface area contributed by atoms with Gasteiger partial charge in [-0.25, -0.2) is 9.19 Å². The SMILES string of the molecule is N[C@@H](COP(=O)(O)O)[C@H](O)/C=C/CCCCCCCCCCCCCc1ccc([N+](=O)[O-])c2nonc12. The van der Waals surface area contributed by atoms with Crippen molar-refractivity contribution in [1.29, 1.82) is 0 Å². The maximum atomic E-state index is 11.1. The number of aliphatic hydroxyl groups excluding tert-OH is 1. The first-order valence-corrected chi connectivity index (χ1v) is 14.4. The van der Waals surface area contributed by atoms with Crippen LogP contribution in [-0.4, -0.2) is 48.9 Å². The fraction of sp³-hybridized carbons (Fsp3) is 0.667. The fourth-order valence-corrected chi connectivity index (χ4v) is 4.45. The lowest BCUT2D eigenvalue weighted by Gasteiger charge is -2.15. The quantitative estimate of drug-likeness (QED) is 0.0594. The van der Waals surface area contributed by atoms with Crippen LogP contribution in [0.4, 0.5) is 5.69 Å². The second-order valence-corrected chi connectivity index (χ2v) is 10.5. The van der Waals surface area contributed by atoms with Crippen LogP contribution < -0.4 is 5.73 Å². The second kappa shape index (κ2) is 16.6. The van der Waals surface area contributed by atoms with E-state index in [0.717, 1.165) is 44.1 Å². The largest absolute Gasteiger partial charge is 0.469 e. The molecule has 2 atom stereocenters. The summed E-state index contributed by atoms with van der Waals surface area (Å²) in [6.45, 7) is -0.414. The topological polar surface area (TPSA) is 195 Å². The van der Waals surface area contributed by atoms with Crippen LogP contribution in [0, 0.1) is 10.1 Å². The van der Waals surface area contributed by atoms with Crippen molar-refractivity contribution in [3.63, 3.8) is 0 Å². The second-order valence-electron chi connectivity index (χ2n) is 9.26. The molecule has 0 saturated heterocycles. The smallest absolute Gasteiger partial charge is 0.387 e. The third-order valence-electron chi connectivity index (χ3n) is 6.20. The molecule has 0 aliphatic heterocycles. The number of phosphoric ester groups is 1. The predicted molar refractivity (Wildman–Crippen MR) is 139 cm³/mol. The summed E-state index contributed by atoms with van der Waals surface area (Å²) >= 11 is 0. The van der Waals surface area contributed by atoms with Crippen molar-refractivity contribution in [1.82, 2.24) is 10.3 Å². The van der Waals surface area contributed by atoms with Gasteiger partial charge in [-0.05, 0) is 47.6 Å². The minimum Gasteiger partial charge on any atom is -0.387 e. The normalized spacial score (nSPS) is 13.9. The zero-order valence-electron chi connectivity index (χ0n) is 21.1. The van der Waals surface area contributed by atoms with E-state index in [1.807, 2.05) is 6.08 Å². The molecule has 0 aliphatic carbocycles. The van der Waals surface area contributed by atoms with E-state index in [2.05, 4.69) is 14.8 Å². The van der Waals surface area contributed by atoms with Gasteiger partial charge in [-0.15, -0.1) is 0 Å². The Hall–Kier alpha value is -2.21. The highest BCUT2D eigenvalue weighted by Crippen LogP contribution is 2.35. The molecule has 2 rings (SSSR count). The lowest BCUT2D eigenvalue weighted by atomic mass is 10.0. The van der Waals surface area contributed by atoms with Crippen molar-refractivity contribution in [3.8, 4) is 0 Å². The third-order valence-corrected chi connectivity index (χ3v) is 6.68. The van der Waals surface area contributed by atoms with Crippen molar-refractivity contribution in [2.45, 2.75) is 95.6 Å². The van der Waals surface area contributed by atoms with Gasteiger partial charge in [0, 0.05) is 6.07 Å². The minimum absolute atomic E-state index is 0.0800. The molecular weight excluding hydrogens is 503 g/mol. The van der Waals surface area contributed by atoms with Crippen LogP contribution in [-0.2, 0) is 15.5 Å². The number of nitro groups is 1. The molecular formula is C24H39N4O8P. The average Bonchev–Trinajstić information content (AvgIpc) is 3.34. The van der Waals surface area contributed by atoms with Crippen molar-refractivity contribution in [2.75, 3.05) is 6.61 Å². The summed E-state index contributed by atoms with van der Waals surface area (Å²) in [6.07, 6.45) is 16.7. The zero-order chi connectivity index (χ0) is 27.1. The van der Waals surface area contributed by atoms with Gasteiger partial charge in [0.05, 0.1) is 23.7 Å². The van der Waals surface area contributed by atoms with Crippen LogP contribution >= 0.6 is 7.82 Å². The fourth-order valence-electron chi connectivity index (χ4n) is 4.08. The van der Waals surface area contributed by atoms with Crippen LogP contribution in [0.25, 0.3) is 11.0 Å². The average molecular weight is 543 g/mol. The molecule has 37 heavy (non-hydrogen) atoms. The molecule has 0 saturated carbocycles. The van der Waals surface area contributed by atoms with E-state index in [4.69, 9.17) is 20.1 Å². The number of aryl methyl sites for hydroxylation is 1. The van der Waals surface area contributed by atoms with Gasteiger partial charge in [0.25, 0.3) is 0 Å². The monoisotopic (exact) mass is 542 g/mol. The first-order chi connectivity index (χ1) is 17.7. The maximum Gasteiger partial charge on any atom is 0.469 e. The molecule has 0 unspecified atom stereocenters. The van der Waals surface area contributed by atoms with Crippen molar-refractivity contribution in [2.24, 2.45) is 5.73 Å². The van der Waals surface area contributed by atoms with E-state index in [1.165, 1.54) is 51.0 Å². The summed E-state index contributed by atoms with van der Waals surface area (Å²) < 4.78 is 19.6. The van der Waals surface area contributed by atoms with Crippen molar-refractivity contribution in [3.05, 3.63) is 40.0 Å². The summed E-state index contributed by atoms with van der Waals surface area (Å²) in [5.41, 5.74) is 7.19. The van der Waals surface area contributed by atoms with E-state index in [0.29, 0.717) is 5.52 Å². The molecule has 1 aromatic carbocycles. The molecule has 0 radical (unpaired) electrons. The van der Waals surface area contributed by atoms with Crippen LogP contribution in [0.2, 0.25) is 0 Å². The summed E-state index contributed by atoms with van der Waals surface area (Å²) in [5, 5.41) is 28.4. The van der Waals surface area contributed by atoms with Crippen molar-refractivity contribution < 1.29 is 33.5 Å². The van der Waals surface area contributed by atoms with Crippen LogP contribution in [0.3, 0.4) is 0 Å². The number of hydrogen-bond acceptors (Lipinski definition) is 9. The van der Waals surface area contributed by atoms with E-state index >= 15 is 0 Å². The molecule has 0 amide bonds. The number of nitrogens with two attached hydrogens (primary N) is 1. The minimum atomic E-state index is -4.58. The molecule has 13 heteroatoms. The number of benzene rings is 1. The number of unbranched alkanes of at least 4 members (excludes halogenated alkanes) is 11. The number of hydrogen-bond donors (Lipinski definition) is 4. The Labute approximate surface area is 216 Å². The molecule has 5 N–H and O–H groups in total. The number of aliphatic hydroxyl groups is 1. The molecule has 0 bridgehead atoms. The van der Waals surface area contributed by atoms with Gasteiger partial charge in [-0.3, -0.25) is 14.6 Å². The molecule has 1 aromatic heterocycles. The van der Waals surface area contributed by atoms with Gasteiger partial charge in [-0.2, -0.15) is 0 Å². The van der Waals surface area contributed by atoms with Gasteiger partial charge in [0.2, 0.25) is 5.52 Å². The Morgan fingerprint density at radius 1 is 1.00 bits per heavy atom. The molecule has 0 spiro atoms. The Kier molecular flexibility index (Phi) is 13.9. The Bertz CT molecular complexity index is 1030. The van der Waals surface area contributed by atoms with E-state index in [1.54, 1.807) is 12.1 Å². The lowest BCUT2D eigenvalue weighted by molar-refractivity contribution is -0.383. The first kappa shape index (κ1) is 31.0. The van der Waals surface area contributed by atoms with Crippen LogP contribution in [0.5, 0.6) is 0 Å². The predicted octanol–water partition coefficient (Wildman–Crippen LogP) is 4.71.